The summed E-state index contributed by atoms with van der Waals surface area (Å²) in [5.74, 6) is 0. The summed E-state index contributed by atoms with van der Waals surface area (Å²) in [6, 6.07) is 4.89. The Morgan fingerprint density at radius 2 is 1.90 bits per heavy atom. The van der Waals surface area contributed by atoms with Crippen molar-refractivity contribution in [1.29, 1.82) is 0 Å². The van der Waals surface area contributed by atoms with Crippen LogP contribution >= 0.6 is 0 Å². The fraction of sp³-hybridized carbons (Fsp3) is 0.500. The third-order valence-electron chi connectivity index (χ3n) is 4.01. The molecule has 0 amide bonds. The number of hydrogen-bond donors (Lipinski definition) is 1. The van der Waals surface area contributed by atoms with Gasteiger partial charge in [-0.25, -0.2) is 8.42 Å². The zero-order valence-electron chi connectivity index (χ0n) is 13.2. The van der Waals surface area contributed by atoms with Crippen molar-refractivity contribution in [2.24, 2.45) is 5.41 Å². The average molecular weight is 308 g/mol. The molecule has 0 fully saturated rings. The maximum atomic E-state index is 12.7. The fourth-order valence-electron chi connectivity index (χ4n) is 2.51. The lowest BCUT2D eigenvalue weighted by Crippen LogP contribution is -2.36. The number of nitrogen functional groups attached to an aromatic ring is 1. The van der Waals surface area contributed by atoms with Crippen molar-refractivity contribution in [3.8, 4) is 0 Å². The van der Waals surface area contributed by atoms with Crippen LogP contribution in [0.25, 0.3) is 0 Å². The molecule has 0 radical (unpaired) electrons. The molecule has 0 saturated heterocycles. The van der Waals surface area contributed by atoms with Gasteiger partial charge in [0.1, 0.15) is 0 Å². The summed E-state index contributed by atoms with van der Waals surface area (Å²) in [5, 5.41) is 0. The molecule has 4 nitrogen and oxygen atoms in total. The summed E-state index contributed by atoms with van der Waals surface area (Å²) in [7, 11) is -3.44. The third kappa shape index (κ3) is 3.30. The molecule has 0 aliphatic carbocycles. The summed E-state index contributed by atoms with van der Waals surface area (Å²) in [6.45, 7) is 9.28. The lowest BCUT2D eigenvalue weighted by molar-refractivity contribution is 0.389. The Kier molecular flexibility index (Phi) is 4.17. The lowest BCUT2D eigenvalue weighted by atomic mass is 9.83. The van der Waals surface area contributed by atoms with Crippen molar-refractivity contribution in [3.63, 3.8) is 0 Å². The normalized spacial score (nSPS) is 17.6. The van der Waals surface area contributed by atoms with E-state index in [1.807, 2.05) is 13.0 Å². The van der Waals surface area contributed by atoms with Gasteiger partial charge in [0.25, 0.3) is 0 Å². The van der Waals surface area contributed by atoms with E-state index < -0.39 is 10.0 Å². The molecule has 2 N–H and O–H groups in total. The second-order valence-corrected chi connectivity index (χ2v) is 8.55. The van der Waals surface area contributed by atoms with E-state index in [-0.39, 0.29) is 5.41 Å². The molecular formula is C16H24N2O2S. The Morgan fingerprint density at radius 3 is 2.38 bits per heavy atom. The number of nitrogens with two attached hydrogens (primary N) is 1. The molecule has 0 spiro atoms. The van der Waals surface area contributed by atoms with E-state index in [2.05, 4.69) is 20.8 Å². The maximum absolute atomic E-state index is 12.7. The van der Waals surface area contributed by atoms with Gasteiger partial charge in [-0.15, -0.1) is 0 Å². The van der Waals surface area contributed by atoms with E-state index in [0.29, 0.717) is 23.7 Å². The number of anilines is 1. The van der Waals surface area contributed by atoms with E-state index in [4.69, 9.17) is 5.73 Å². The highest BCUT2D eigenvalue weighted by Gasteiger charge is 2.29. The fourth-order valence-corrected chi connectivity index (χ4v) is 3.97. The molecule has 1 heterocycles. The van der Waals surface area contributed by atoms with Crippen LogP contribution < -0.4 is 5.73 Å². The second-order valence-electron chi connectivity index (χ2n) is 6.61. The van der Waals surface area contributed by atoms with Crippen molar-refractivity contribution in [1.82, 2.24) is 4.31 Å². The third-order valence-corrected chi connectivity index (χ3v) is 5.88. The smallest absolute Gasteiger partial charge is 0.243 e. The van der Waals surface area contributed by atoms with Crippen LogP contribution in [0.4, 0.5) is 5.69 Å². The van der Waals surface area contributed by atoms with Gasteiger partial charge in [0.05, 0.1) is 4.90 Å². The number of rotatable bonds is 2. The lowest BCUT2D eigenvalue weighted by Gasteiger charge is -2.31. The molecule has 116 valence electrons. The quantitative estimate of drug-likeness (QED) is 0.675. The van der Waals surface area contributed by atoms with Gasteiger partial charge in [-0.05, 0) is 42.5 Å². The minimum absolute atomic E-state index is 0.105. The Bertz CT molecular complexity index is 670. The summed E-state index contributed by atoms with van der Waals surface area (Å²) < 4.78 is 26.9. The first kappa shape index (κ1) is 16.0. The largest absolute Gasteiger partial charge is 0.399 e. The zero-order chi connectivity index (χ0) is 15.8. The molecule has 0 aromatic heterocycles. The monoisotopic (exact) mass is 308 g/mol. The summed E-state index contributed by atoms with van der Waals surface area (Å²) >= 11 is 0. The van der Waals surface area contributed by atoms with E-state index in [1.165, 1.54) is 9.88 Å². The summed E-state index contributed by atoms with van der Waals surface area (Å²) in [6.07, 6.45) is 2.84. The first-order valence-electron chi connectivity index (χ1n) is 7.18. The molecule has 0 atom stereocenters. The van der Waals surface area contributed by atoms with Crippen LogP contribution in [0, 0.1) is 12.3 Å². The Hall–Kier alpha value is -1.33. The topological polar surface area (TPSA) is 63.4 Å². The number of aryl methyl sites for hydroxylation is 1. The van der Waals surface area contributed by atoms with Crippen LogP contribution in [-0.4, -0.2) is 25.8 Å². The van der Waals surface area contributed by atoms with Gasteiger partial charge in [-0.2, -0.15) is 4.31 Å². The standard InChI is InChI=1S/C16H24N2O2S/c1-12-11-14(5-6-15(12)17)21(19,20)18-9-7-13(8-10-18)16(2,3)4/h5-7,11H,8-10,17H2,1-4H3. The van der Waals surface area contributed by atoms with Crippen LogP contribution in [0.5, 0.6) is 0 Å². The molecule has 1 aliphatic heterocycles. The molecule has 1 aromatic carbocycles. The Labute approximate surface area is 127 Å². The first-order chi connectivity index (χ1) is 9.62. The van der Waals surface area contributed by atoms with Crippen molar-refractivity contribution < 1.29 is 8.42 Å². The molecule has 0 unspecified atom stereocenters. The van der Waals surface area contributed by atoms with Crippen LogP contribution in [0.15, 0.2) is 34.7 Å². The SMILES string of the molecule is Cc1cc(S(=O)(=O)N2CC=C(C(C)(C)C)CC2)ccc1N. The van der Waals surface area contributed by atoms with Gasteiger partial charge in [0, 0.05) is 18.8 Å². The van der Waals surface area contributed by atoms with Crippen molar-refractivity contribution in [2.45, 2.75) is 39.0 Å². The van der Waals surface area contributed by atoms with Gasteiger partial charge in [-0.1, -0.05) is 32.4 Å². The predicted octanol–water partition coefficient (Wildman–Crippen LogP) is 2.94. The highest BCUT2D eigenvalue weighted by molar-refractivity contribution is 7.89. The average Bonchev–Trinajstić information content (AvgIpc) is 2.41. The maximum Gasteiger partial charge on any atom is 0.243 e. The van der Waals surface area contributed by atoms with Crippen LogP contribution in [0.3, 0.4) is 0 Å². The van der Waals surface area contributed by atoms with E-state index in [0.717, 1.165) is 12.0 Å². The first-order valence-corrected chi connectivity index (χ1v) is 8.62. The summed E-state index contributed by atoms with van der Waals surface area (Å²) in [4.78, 5) is 0.321. The minimum atomic E-state index is -3.44. The molecular weight excluding hydrogens is 284 g/mol. The number of hydrogen-bond acceptors (Lipinski definition) is 3. The number of sulfonamides is 1. The van der Waals surface area contributed by atoms with Crippen LogP contribution in [0.2, 0.25) is 0 Å². The van der Waals surface area contributed by atoms with Crippen molar-refractivity contribution >= 4 is 15.7 Å². The van der Waals surface area contributed by atoms with Gasteiger partial charge < -0.3 is 5.73 Å². The number of benzene rings is 1. The zero-order valence-corrected chi connectivity index (χ0v) is 14.0. The number of nitrogens with zero attached hydrogens (tertiary/aromatic N) is 1. The van der Waals surface area contributed by atoms with E-state index in [9.17, 15) is 8.42 Å². The molecule has 0 saturated carbocycles. The van der Waals surface area contributed by atoms with E-state index in [1.54, 1.807) is 18.2 Å². The molecule has 0 bridgehead atoms. The summed E-state index contributed by atoms with van der Waals surface area (Å²) in [5.41, 5.74) is 8.59. The highest BCUT2D eigenvalue weighted by atomic mass is 32.2. The molecule has 1 aliphatic rings. The van der Waals surface area contributed by atoms with E-state index >= 15 is 0 Å². The van der Waals surface area contributed by atoms with Gasteiger partial charge in [0.15, 0.2) is 0 Å². The predicted molar refractivity (Wildman–Crippen MR) is 86.5 cm³/mol. The highest BCUT2D eigenvalue weighted by Crippen LogP contribution is 2.32. The van der Waals surface area contributed by atoms with Gasteiger partial charge >= 0.3 is 0 Å². The van der Waals surface area contributed by atoms with Crippen LogP contribution in [0.1, 0.15) is 32.8 Å². The van der Waals surface area contributed by atoms with Gasteiger partial charge in [0.2, 0.25) is 10.0 Å². The Balaban J connectivity index is 2.26. The van der Waals surface area contributed by atoms with Crippen molar-refractivity contribution in [2.75, 3.05) is 18.8 Å². The van der Waals surface area contributed by atoms with Crippen molar-refractivity contribution in [3.05, 3.63) is 35.4 Å². The molecule has 21 heavy (non-hydrogen) atoms. The second kappa shape index (κ2) is 5.46. The van der Waals surface area contributed by atoms with Gasteiger partial charge in [-0.3, -0.25) is 0 Å². The Morgan fingerprint density at radius 1 is 1.24 bits per heavy atom. The molecule has 2 rings (SSSR count). The molecule has 1 aromatic rings. The van der Waals surface area contributed by atoms with Crippen LogP contribution in [-0.2, 0) is 10.0 Å². The minimum Gasteiger partial charge on any atom is -0.399 e. The molecule has 5 heteroatoms.